The molecule has 2 N–H and O–H groups in total. The number of hydrogen-bond acceptors (Lipinski definition) is 4. The van der Waals surface area contributed by atoms with Crippen LogP contribution in [0.15, 0.2) is 29.8 Å². The van der Waals surface area contributed by atoms with E-state index in [1.54, 1.807) is 0 Å². The molecule has 0 aliphatic carbocycles. The van der Waals surface area contributed by atoms with Gasteiger partial charge in [0.1, 0.15) is 0 Å². The van der Waals surface area contributed by atoms with Gasteiger partial charge in [0.25, 0.3) is 0 Å². The van der Waals surface area contributed by atoms with Crippen molar-refractivity contribution in [1.29, 1.82) is 0 Å². The molecule has 2 aliphatic heterocycles. The molecule has 0 spiro atoms. The Labute approximate surface area is 136 Å². The number of urea groups is 1. The van der Waals surface area contributed by atoms with Crippen LogP contribution >= 0.6 is 0 Å². The highest BCUT2D eigenvalue weighted by Crippen LogP contribution is 2.32. The van der Waals surface area contributed by atoms with E-state index in [4.69, 9.17) is 9.47 Å². The van der Waals surface area contributed by atoms with E-state index in [-0.39, 0.29) is 12.8 Å². The molecule has 0 saturated heterocycles. The predicted molar refractivity (Wildman–Crippen MR) is 87.6 cm³/mol. The van der Waals surface area contributed by atoms with Gasteiger partial charge in [-0.15, -0.1) is 0 Å². The summed E-state index contributed by atoms with van der Waals surface area (Å²) in [5.41, 5.74) is 2.44. The Hall–Kier alpha value is -2.21. The molecule has 0 fully saturated rings. The maximum Gasteiger partial charge on any atom is 0.315 e. The highest BCUT2D eigenvalue weighted by Gasteiger charge is 2.13. The Balaban J connectivity index is 1.35. The zero-order chi connectivity index (χ0) is 16.1. The second kappa shape index (κ2) is 7.37. The van der Waals surface area contributed by atoms with Crippen molar-refractivity contribution in [1.82, 2.24) is 15.5 Å². The third-order valence-corrected chi connectivity index (χ3v) is 4.12. The van der Waals surface area contributed by atoms with Crippen LogP contribution in [0.4, 0.5) is 4.79 Å². The van der Waals surface area contributed by atoms with Gasteiger partial charge in [0.2, 0.25) is 6.79 Å². The van der Waals surface area contributed by atoms with Crippen LogP contribution in [-0.2, 0) is 6.54 Å². The molecule has 6 nitrogen and oxygen atoms in total. The third kappa shape index (κ3) is 4.39. The van der Waals surface area contributed by atoms with Gasteiger partial charge in [-0.2, -0.15) is 0 Å². The van der Waals surface area contributed by atoms with Crippen molar-refractivity contribution >= 4 is 6.03 Å². The Morgan fingerprint density at radius 2 is 2.13 bits per heavy atom. The van der Waals surface area contributed by atoms with E-state index in [2.05, 4.69) is 28.5 Å². The summed E-state index contributed by atoms with van der Waals surface area (Å²) in [5, 5.41) is 5.75. The van der Waals surface area contributed by atoms with E-state index in [0.29, 0.717) is 13.1 Å². The highest BCUT2D eigenvalue weighted by atomic mass is 16.7. The molecule has 0 unspecified atom stereocenters. The number of amides is 2. The van der Waals surface area contributed by atoms with Crippen LogP contribution in [-0.4, -0.2) is 43.9 Å². The van der Waals surface area contributed by atoms with Crippen molar-refractivity contribution in [3.05, 3.63) is 35.4 Å². The minimum absolute atomic E-state index is 0.147. The number of nitrogens with one attached hydrogen (secondary N) is 2. The fourth-order valence-electron chi connectivity index (χ4n) is 2.64. The van der Waals surface area contributed by atoms with Gasteiger partial charge in [-0.1, -0.05) is 17.7 Å². The molecular weight excluding hydrogens is 294 g/mol. The fourth-order valence-corrected chi connectivity index (χ4v) is 2.64. The van der Waals surface area contributed by atoms with Gasteiger partial charge in [0.15, 0.2) is 11.5 Å². The molecule has 1 aromatic rings. The van der Waals surface area contributed by atoms with Crippen molar-refractivity contribution in [2.75, 3.05) is 33.0 Å². The first-order valence-electron chi connectivity index (χ1n) is 7.99. The van der Waals surface area contributed by atoms with Crippen LogP contribution in [0.25, 0.3) is 0 Å². The van der Waals surface area contributed by atoms with E-state index in [1.165, 1.54) is 5.57 Å². The Morgan fingerprint density at radius 1 is 1.26 bits per heavy atom. The van der Waals surface area contributed by atoms with Gasteiger partial charge < -0.3 is 20.1 Å². The first-order valence-corrected chi connectivity index (χ1v) is 7.99. The molecule has 1 aromatic carbocycles. The fraction of sp³-hybridized carbons (Fsp3) is 0.471. The number of nitrogens with zero attached hydrogens (tertiary/aromatic N) is 1. The molecule has 0 saturated carbocycles. The zero-order valence-electron chi connectivity index (χ0n) is 13.4. The summed E-state index contributed by atoms with van der Waals surface area (Å²) in [6.45, 7) is 6.47. The second-order valence-corrected chi connectivity index (χ2v) is 5.90. The second-order valence-electron chi connectivity index (χ2n) is 5.90. The molecule has 0 radical (unpaired) electrons. The highest BCUT2D eigenvalue weighted by molar-refractivity contribution is 5.73. The van der Waals surface area contributed by atoms with E-state index in [1.807, 2.05) is 18.2 Å². The Bertz CT molecular complexity index is 601. The van der Waals surface area contributed by atoms with Crippen molar-refractivity contribution in [2.24, 2.45) is 0 Å². The lowest BCUT2D eigenvalue weighted by atomic mass is 10.1. The molecule has 0 atom stereocenters. The topological polar surface area (TPSA) is 62.8 Å². The minimum Gasteiger partial charge on any atom is -0.454 e. The SMILES string of the molecule is CC1=CCN(CCNC(=O)NCc2ccc3c(c2)OCO3)CC1. The molecule has 6 heteroatoms. The Morgan fingerprint density at radius 3 is 2.96 bits per heavy atom. The number of carbonyl (C=O) groups is 1. The third-order valence-electron chi connectivity index (χ3n) is 4.12. The number of carbonyl (C=O) groups excluding carboxylic acids is 1. The molecule has 2 aliphatic rings. The maximum absolute atomic E-state index is 11.8. The summed E-state index contributed by atoms with van der Waals surface area (Å²) >= 11 is 0. The van der Waals surface area contributed by atoms with E-state index >= 15 is 0 Å². The van der Waals surface area contributed by atoms with Crippen LogP contribution in [0.3, 0.4) is 0 Å². The summed E-state index contributed by atoms with van der Waals surface area (Å²) in [6.07, 6.45) is 3.37. The molecule has 0 aromatic heterocycles. The summed E-state index contributed by atoms with van der Waals surface area (Å²) in [7, 11) is 0. The number of fused-ring (bicyclic) bond motifs is 1. The number of hydrogen-bond donors (Lipinski definition) is 2. The van der Waals surface area contributed by atoms with E-state index in [0.717, 1.165) is 43.1 Å². The van der Waals surface area contributed by atoms with Crippen LogP contribution in [0, 0.1) is 0 Å². The molecular formula is C17H23N3O3. The lowest BCUT2D eigenvalue weighted by Crippen LogP contribution is -2.41. The van der Waals surface area contributed by atoms with Crippen LogP contribution in [0.5, 0.6) is 11.5 Å². The standard InChI is InChI=1S/C17H23N3O3/c1-13-4-7-20(8-5-13)9-6-18-17(21)19-11-14-2-3-15-16(10-14)23-12-22-15/h2-4,10H,5-9,11-12H2,1H3,(H2,18,19,21). The summed E-state index contributed by atoms with van der Waals surface area (Å²) in [6, 6.07) is 5.54. The average molecular weight is 317 g/mol. The van der Waals surface area contributed by atoms with Gasteiger partial charge in [-0.05, 0) is 31.0 Å². The van der Waals surface area contributed by atoms with Gasteiger partial charge >= 0.3 is 6.03 Å². The zero-order valence-corrected chi connectivity index (χ0v) is 13.4. The van der Waals surface area contributed by atoms with Crippen LogP contribution in [0.1, 0.15) is 18.9 Å². The van der Waals surface area contributed by atoms with Gasteiger partial charge in [0.05, 0.1) is 0 Å². The predicted octanol–water partition coefficient (Wildman–Crippen LogP) is 1.87. The monoisotopic (exact) mass is 317 g/mol. The van der Waals surface area contributed by atoms with E-state index < -0.39 is 0 Å². The van der Waals surface area contributed by atoms with Gasteiger partial charge in [0, 0.05) is 32.7 Å². The molecule has 2 heterocycles. The molecule has 124 valence electrons. The van der Waals surface area contributed by atoms with Crippen molar-refractivity contribution < 1.29 is 14.3 Å². The quantitative estimate of drug-likeness (QED) is 0.814. The van der Waals surface area contributed by atoms with E-state index in [9.17, 15) is 4.79 Å². The molecule has 0 bridgehead atoms. The molecule has 2 amide bonds. The van der Waals surface area contributed by atoms with Crippen LogP contribution < -0.4 is 20.1 Å². The summed E-state index contributed by atoms with van der Waals surface area (Å²) < 4.78 is 10.6. The minimum atomic E-state index is -0.147. The summed E-state index contributed by atoms with van der Waals surface area (Å²) in [5.74, 6) is 1.49. The van der Waals surface area contributed by atoms with Crippen molar-refractivity contribution in [2.45, 2.75) is 19.9 Å². The lowest BCUT2D eigenvalue weighted by molar-refractivity contribution is 0.174. The first-order chi connectivity index (χ1) is 11.2. The van der Waals surface area contributed by atoms with Crippen LogP contribution in [0.2, 0.25) is 0 Å². The van der Waals surface area contributed by atoms with Gasteiger partial charge in [-0.25, -0.2) is 4.79 Å². The maximum atomic E-state index is 11.8. The molecule has 23 heavy (non-hydrogen) atoms. The van der Waals surface area contributed by atoms with Gasteiger partial charge in [-0.3, -0.25) is 4.90 Å². The number of ether oxygens (including phenoxy) is 2. The smallest absolute Gasteiger partial charge is 0.315 e. The number of rotatable bonds is 5. The first kappa shape index (κ1) is 15.7. The number of benzene rings is 1. The molecule has 3 rings (SSSR count). The van der Waals surface area contributed by atoms with Crippen molar-refractivity contribution in [3.63, 3.8) is 0 Å². The normalized spacial score (nSPS) is 16.8. The summed E-state index contributed by atoms with van der Waals surface area (Å²) in [4.78, 5) is 14.2. The largest absolute Gasteiger partial charge is 0.454 e. The Kier molecular flexibility index (Phi) is 5.02. The lowest BCUT2D eigenvalue weighted by Gasteiger charge is -2.25. The van der Waals surface area contributed by atoms with Crippen molar-refractivity contribution in [3.8, 4) is 11.5 Å². The average Bonchev–Trinajstić information content (AvgIpc) is 3.02.